The molecular weight excluding hydrogens is 192 g/mol. The highest BCUT2D eigenvalue weighted by Crippen LogP contribution is 2.20. The Balaban J connectivity index is 2.11. The van der Waals surface area contributed by atoms with Gasteiger partial charge >= 0.3 is 0 Å². The molecule has 0 amide bonds. The van der Waals surface area contributed by atoms with Crippen LogP contribution in [0.3, 0.4) is 0 Å². The van der Waals surface area contributed by atoms with Gasteiger partial charge in [0.05, 0.1) is 6.10 Å². The van der Waals surface area contributed by atoms with Crippen LogP contribution in [0.2, 0.25) is 0 Å². The molecule has 0 saturated carbocycles. The van der Waals surface area contributed by atoms with Crippen LogP contribution < -0.4 is 0 Å². The van der Waals surface area contributed by atoms with E-state index in [1.54, 1.807) is 0 Å². The zero-order chi connectivity index (χ0) is 7.40. The summed E-state index contributed by atoms with van der Waals surface area (Å²) in [5, 5.41) is 1.10. The summed E-state index contributed by atoms with van der Waals surface area (Å²) in [6.07, 6.45) is 4.33. The molecule has 0 aromatic heterocycles. The van der Waals surface area contributed by atoms with Gasteiger partial charge in [0.15, 0.2) is 0 Å². The smallest absolute Gasteiger partial charge is 0.0578 e. The van der Waals surface area contributed by atoms with E-state index in [0.29, 0.717) is 6.10 Å². The van der Waals surface area contributed by atoms with E-state index in [9.17, 15) is 0 Å². The van der Waals surface area contributed by atoms with Gasteiger partial charge in [0.1, 0.15) is 0 Å². The van der Waals surface area contributed by atoms with E-state index in [2.05, 4.69) is 22.9 Å². The SMILES string of the molecule is CC(CBr)C[C@@H]1CCCO1. The fraction of sp³-hybridized carbons (Fsp3) is 1.00. The molecule has 0 N–H and O–H groups in total. The largest absolute Gasteiger partial charge is 0.378 e. The molecule has 0 bridgehead atoms. The summed E-state index contributed by atoms with van der Waals surface area (Å²) in [5.74, 6) is 0.767. The second-order valence-electron chi connectivity index (χ2n) is 3.13. The van der Waals surface area contributed by atoms with E-state index in [1.165, 1.54) is 19.3 Å². The number of rotatable bonds is 3. The molecule has 1 heterocycles. The Morgan fingerprint density at radius 3 is 3.00 bits per heavy atom. The predicted octanol–water partition coefficient (Wildman–Crippen LogP) is 2.59. The average Bonchev–Trinajstić information content (AvgIpc) is 2.40. The van der Waals surface area contributed by atoms with Gasteiger partial charge in [0.25, 0.3) is 0 Å². The maximum atomic E-state index is 5.50. The van der Waals surface area contributed by atoms with Crippen LogP contribution in [0.25, 0.3) is 0 Å². The Labute approximate surface area is 71.3 Å². The summed E-state index contributed by atoms with van der Waals surface area (Å²) < 4.78 is 5.50. The molecule has 1 fully saturated rings. The predicted molar refractivity (Wildman–Crippen MR) is 46.5 cm³/mol. The maximum Gasteiger partial charge on any atom is 0.0578 e. The third-order valence-electron chi connectivity index (χ3n) is 1.95. The van der Waals surface area contributed by atoms with Crippen molar-refractivity contribution in [3.8, 4) is 0 Å². The number of ether oxygens (including phenoxy) is 1. The zero-order valence-electron chi connectivity index (χ0n) is 6.48. The van der Waals surface area contributed by atoms with Crippen LogP contribution in [-0.4, -0.2) is 18.0 Å². The maximum absolute atomic E-state index is 5.50. The number of hydrogen-bond acceptors (Lipinski definition) is 1. The van der Waals surface area contributed by atoms with Crippen molar-refractivity contribution in [3.63, 3.8) is 0 Å². The highest BCUT2D eigenvalue weighted by atomic mass is 79.9. The van der Waals surface area contributed by atoms with Crippen LogP contribution in [0.15, 0.2) is 0 Å². The molecule has 1 nitrogen and oxygen atoms in total. The van der Waals surface area contributed by atoms with E-state index in [-0.39, 0.29) is 0 Å². The Hall–Kier alpha value is 0.440. The van der Waals surface area contributed by atoms with Crippen molar-refractivity contribution >= 4 is 15.9 Å². The topological polar surface area (TPSA) is 9.23 Å². The van der Waals surface area contributed by atoms with Gasteiger partial charge in [-0.25, -0.2) is 0 Å². The molecule has 0 radical (unpaired) electrons. The summed E-state index contributed by atoms with van der Waals surface area (Å²) in [7, 11) is 0. The Bertz CT molecular complexity index is 89.3. The van der Waals surface area contributed by atoms with Crippen molar-refractivity contribution in [1.29, 1.82) is 0 Å². The number of alkyl halides is 1. The third-order valence-corrected chi connectivity index (χ3v) is 3.06. The van der Waals surface area contributed by atoms with Gasteiger partial charge in [-0.05, 0) is 25.2 Å². The number of hydrogen-bond donors (Lipinski definition) is 0. The number of halogens is 1. The molecular formula is C8H15BrO. The average molecular weight is 207 g/mol. The van der Waals surface area contributed by atoms with Crippen molar-refractivity contribution in [3.05, 3.63) is 0 Å². The van der Waals surface area contributed by atoms with Gasteiger partial charge in [0.2, 0.25) is 0 Å². The van der Waals surface area contributed by atoms with E-state index >= 15 is 0 Å². The van der Waals surface area contributed by atoms with Crippen LogP contribution in [0, 0.1) is 5.92 Å². The normalized spacial score (nSPS) is 28.8. The molecule has 1 saturated heterocycles. The van der Waals surface area contributed by atoms with Gasteiger partial charge < -0.3 is 4.74 Å². The lowest BCUT2D eigenvalue weighted by molar-refractivity contribution is 0.0945. The fourth-order valence-corrected chi connectivity index (χ4v) is 1.61. The molecule has 1 aliphatic heterocycles. The lowest BCUT2D eigenvalue weighted by Gasteiger charge is -2.12. The van der Waals surface area contributed by atoms with Crippen molar-refractivity contribution in [2.24, 2.45) is 5.92 Å². The first kappa shape index (κ1) is 8.54. The highest BCUT2D eigenvalue weighted by Gasteiger charge is 2.17. The Kier molecular flexibility index (Phi) is 3.71. The highest BCUT2D eigenvalue weighted by molar-refractivity contribution is 9.09. The quantitative estimate of drug-likeness (QED) is 0.646. The molecule has 0 spiro atoms. The molecule has 2 heteroatoms. The molecule has 1 unspecified atom stereocenters. The summed E-state index contributed by atoms with van der Waals surface area (Å²) in [6.45, 7) is 3.25. The first-order chi connectivity index (χ1) is 4.83. The molecule has 1 aliphatic rings. The first-order valence-corrected chi connectivity index (χ1v) is 5.12. The van der Waals surface area contributed by atoms with E-state index in [1.807, 2.05) is 0 Å². The van der Waals surface area contributed by atoms with Gasteiger partial charge in [-0.1, -0.05) is 22.9 Å². The molecule has 2 atom stereocenters. The minimum absolute atomic E-state index is 0.563. The molecule has 0 aliphatic carbocycles. The summed E-state index contributed by atoms with van der Waals surface area (Å²) in [5.41, 5.74) is 0. The molecule has 0 aromatic rings. The van der Waals surface area contributed by atoms with Gasteiger partial charge in [-0.15, -0.1) is 0 Å². The van der Waals surface area contributed by atoms with E-state index < -0.39 is 0 Å². The monoisotopic (exact) mass is 206 g/mol. The van der Waals surface area contributed by atoms with Crippen molar-refractivity contribution in [2.75, 3.05) is 11.9 Å². The van der Waals surface area contributed by atoms with E-state index in [4.69, 9.17) is 4.74 Å². The lowest BCUT2D eigenvalue weighted by atomic mass is 10.0. The molecule has 1 rings (SSSR count). The van der Waals surface area contributed by atoms with Crippen molar-refractivity contribution < 1.29 is 4.74 Å². The van der Waals surface area contributed by atoms with Gasteiger partial charge in [-0.2, -0.15) is 0 Å². The van der Waals surface area contributed by atoms with Gasteiger partial charge in [-0.3, -0.25) is 0 Å². The standard InChI is InChI=1S/C8H15BrO/c1-7(6-9)5-8-3-2-4-10-8/h7-8H,2-6H2,1H3/t7?,8-/m0/s1. The van der Waals surface area contributed by atoms with Crippen LogP contribution in [-0.2, 0) is 4.74 Å². The van der Waals surface area contributed by atoms with Crippen LogP contribution in [0.4, 0.5) is 0 Å². The van der Waals surface area contributed by atoms with E-state index in [0.717, 1.165) is 17.9 Å². The lowest BCUT2D eigenvalue weighted by Crippen LogP contribution is -2.10. The Morgan fingerprint density at radius 2 is 2.50 bits per heavy atom. The Morgan fingerprint density at radius 1 is 1.70 bits per heavy atom. The minimum Gasteiger partial charge on any atom is -0.378 e. The molecule has 0 aromatic carbocycles. The van der Waals surface area contributed by atoms with Crippen molar-refractivity contribution in [2.45, 2.75) is 32.3 Å². The summed E-state index contributed by atoms with van der Waals surface area (Å²) in [6, 6.07) is 0. The van der Waals surface area contributed by atoms with Crippen LogP contribution >= 0.6 is 15.9 Å². The second-order valence-corrected chi connectivity index (χ2v) is 3.78. The molecule has 10 heavy (non-hydrogen) atoms. The van der Waals surface area contributed by atoms with Crippen LogP contribution in [0.5, 0.6) is 0 Å². The first-order valence-electron chi connectivity index (χ1n) is 4.00. The fourth-order valence-electron chi connectivity index (χ4n) is 1.34. The molecule has 60 valence electrons. The van der Waals surface area contributed by atoms with Crippen LogP contribution in [0.1, 0.15) is 26.2 Å². The van der Waals surface area contributed by atoms with Crippen molar-refractivity contribution in [1.82, 2.24) is 0 Å². The third kappa shape index (κ3) is 2.59. The zero-order valence-corrected chi connectivity index (χ0v) is 8.06. The second kappa shape index (κ2) is 4.35. The minimum atomic E-state index is 0.563. The summed E-state index contributed by atoms with van der Waals surface area (Å²) >= 11 is 3.47. The van der Waals surface area contributed by atoms with Gasteiger partial charge in [0, 0.05) is 11.9 Å². The summed E-state index contributed by atoms with van der Waals surface area (Å²) in [4.78, 5) is 0.